The maximum absolute atomic E-state index is 10.3. The van der Waals surface area contributed by atoms with Gasteiger partial charge in [-0.25, -0.2) is 4.79 Å². The Balaban J connectivity index is 2.73. The fourth-order valence-electron chi connectivity index (χ4n) is 0.730. The van der Waals surface area contributed by atoms with E-state index in [1.807, 2.05) is 0 Å². The van der Waals surface area contributed by atoms with E-state index in [9.17, 15) is 4.79 Å². The fraction of sp³-hybridized carbons (Fsp3) is 0.286. The van der Waals surface area contributed by atoms with E-state index in [1.165, 1.54) is 19.4 Å². The van der Waals surface area contributed by atoms with Gasteiger partial charge in [-0.3, -0.25) is 0 Å². The summed E-state index contributed by atoms with van der Waals surface area (Å²) in [6, 6.07) is 1.44. The lowest BCUT2D eigenvalue weighted by Gasteiger charge is -1.88. The summed E-state index contributed by atoms with van der Waals surface area (Å²) in [5.74, 6) is -1.12. The van der Waals surface area contributed by atoms with Crippen molar-refractivity contribution in [2.75, 3.05) is 7.11 Å². The minimum Gasteiger partial charge on any atom is -0.475 e. The van der Waals surface area contributed by atoms with E-state index >= 15 is 0 Å². The zero-order valence-electron chi connectivity index (χ0n) is 6.03. The van der Waals surface area contributed by atoms with Crippen LogP contribution in [-0.4, -0.2) is 18.2 Å². The predicted molar refractivity (Wildman–Crippen MR) is 36.4 cm³/mol. The smallest absolute Gasteiger partial charge is 0.371 e. The van der Waals surface area contributed by atoms with Gasteiger partial charge in [-0.15, -0.1) is 0 Å². The molecule has 1 heterocycles. The van der Waals surface area contributed by atoms with Crippen molar-refractivity contribution in [3.8, 4) is 0 Å². The Bertz CT molecular complexity index is 251. The van der Waals surface area contributed by atoms with Crippen molar-refractivity contribution in [1.82, 2.24) is 0 Å². The summed E-state index contributed by atoms with van der Waals surface area (Å²) in [7, 11) is 1.54. The van der Waals surface area contributed by atoms with Crippen LogP contribution in [0.1, 0.15) is 16.1 Å². The molecule has 0 atom stereocenters. The molecule has 1 aromatic heterocycles. The molecule has 0 aromatic carbocycles. The average Bonchev–Trinajstić information content (AvgIpc) is 2.37. The number of ether oxygens (including phenoxy) is 1. The van der Waals surface area contributed by atoms with Gasteiger partial charge in [0.05, 0.1) is 12.9 Å². The first-order chi connectivity index (χ1) is 5.24. The van der Waals surface area contributed by atoms with Crippen LogP contribution in [0.5, 0.6) is 0 Å². The molecule has 1 aromatic rings. The second kappa shape index (κ2) is 3.21. The van der Waals surface area contributed by atoms with Gasteiger partial charge in [0.25, 0.3) is 0 Å². The lowest BCUT2D eigenvalue weighted by atomic mass is 10.3. The molecule has 11 heavy (non-hydrogen) atoms. The monoisotopic (exact) mass is 156 g/mol. The van der Waals surface area contributed by atoms with Crippen molar-refractivity contribution in [1.29, 1.82) is 0 Å². The molecule has 0 bridgehead atoms. The van der Waals surface area contributed by atoms with Gasteiger partial charge >= 0.3 is 5.97 Å². The van der Waals surface area contributed by atoms with Crippen LogP contribution in [0.25, 0.3) is 0 Å². The van der Waals surface area contributed by atoms with Gasteiger partial charge in [0.15, 0.2) is 0 Å². The number of furan rings is 1. The van der Waals surface area contributed by atoms with Crippen molar-refractivity contribution >= 4 is 5.97 Å². The van der Waals surface area contributed by atoms with E-state index in [0.29, 0.717) is 6.61 Å². The highest BCUT2D eigenvalue weighted by molar-refractivity contribution is 5.84. The van der Waals surface area contributed by atoms with Gasteiger partial charge in [-0.1, -0.05) is 0 Å². The largest absolute Gasteiger partial charge is 0.475 e. The summed E-state index contributed by atoms with van der Waals surface area (Å²) < 4.78 is 9.47. The summed E-state index contributed by atoms with van der Waals surface area (Å²) >= 11 is 0. The molecule has 4 heteroatoms. The molecule has 0 fully saturated rings. The number of aromatic carboxylic acids is 1. The Morgan fingerprint density at radius 2 is 2.55 bits per heavy atom. The Labute approximate surface area is 63.4 Å². The van der Waals surface area contributed by atoms with E-state index in [-0.39, 0.29) is 5.76 Å². The normalized spacial score (nSPS) is 9.91. The molecule has 0 unspecified atom stereocenters. The fourth-order valence-corrected chi connectivity index (χ4v) is 0.730. The van der Waals surface area contributed by atoms with Crippen molar-refractivity contribution in [2.45, 2.75) is 6.61 Å². The molecule has 0 saturated heterocycles. The van der Waals surface area contributed by atoms with Gasteiger partial charge in [0.1, 0.15) is 0 Å². The van der Waals surface area contributed by atoms with Crippen LogP contribution in [0.4, 0.5) is 0 Å². The van der Waals surface area contributed by atoms with Gasteiger partial charge in [0, 0.05) is 12.7 Å². The van der Waals surface area contributed by atoms with Crippen LogP contribution in [0.2, 0.25) is 0 Å². The molecule has 1 N–H and O–H groups in total. The van der Waals surface area contributed by atoms with E-state index in [1.54, 1.807) is 0 Å². The Morgan fingerprint density at radius 1 is 1.82 bits per heavy atom. The number of carboxylic acids is 1. The van der Waals surface area contributed by atoms with E-state index in [0.717, 1.165) is 5.56 Å². The number of rotatable bonds is 3. The quantitative estimate of drug-likeness (QED) is 0.712. The van der Waals surface area contributed by atoms with E-state index in [4.69, 9.17) is 14.3 Å². The molecule has 0 aliphatic carbocycles. The summed E-state index contributed by atoms with van der Waals surface area (Å²) in [5.41, 5.74) is 0.727. The van der Waals surface area contributed by atoms with E-state index < -0.39 is 5.97 Å². The maximum atomic E-state index is 10.3. The Kier molecular flexibility index (Phi) is 2.28. The van der Waals surface area contributed by atoms with Crippen molar-refractivity contribution in [2.24, 2.45) is 0 Å². The van der Waals surface area contributed by atoms with Crippen LogP contribution >= 0.6 is 0 Å². The first-order valence-corrected chi connectivity index (χ1v) is 3.03. The van der Waals surface area contributed by atoms with Gasteiger partial charge < -0.3 is 14.3 Å². The van der Waals surface area contributed by atoms with Gasteiger partial charge in [0.2, 0.25) is 5.76 Å². The third-order valence-electron chi connectivity index (χ3n) is 1.18. The lowest BCUT2D eigenvalue weighted by Crippen LogP contribution is -1.92. The molecule has 4 nitrogen and oxygen atoms in total. The predicted octanol–water partition coefficient (Wildman–Crippen LogP) is 1.12. The Hall–Kier alpha value is -1.29. The minimum atomic E-state index is -1.06. The number of methoxy groups -OCH3 is 1. The zero-order chi connectivity index (χ0) is 8.27. The summed E-state index contributed by atoms with van der Waals surface area (Å²) in [5, 5.41) is 8.43. The van der Waals surface area contributed by atoms with Gasteiger partial charge in [-0.2, -0.15) is 0 Å². The van der Waals surface area contributed by atoms with Crippen LogP contribution in [-0.2, 0) is 11.3 Å². The highest BCUT2D eigenvalue weighted by Crippen LogP contribution is 2.07. The van der Waals surface area contributed by atoms with Crippen LogP contribution < -0.4 is 0 Å². The standard InChI is InChI=1S/C7H8O4/c1-10-3-5-2-6(7(8)9)11-4-5/h2,4H,3H2,1H3,(H,8,9). The molecule has 1 rings (SSSR count). The van der Waals surface area contributed by atoms with Gasteiger partial charge in [-0.05, 0) is 6.07 Å². The number of carbonyl (C=O) groups is 1. The maximum Gasteiger partial charge on any atom is 0.371 e. The summed E-state index contributed by atoms with van der Waals surface area (Å²) in [6.07, 6.45) is 1.37. The topological polar surface area (TPSA) is 59.7 Å². The second-order valence-electron chi connectivity index (χ2n) is 2.06. The first kappa shape index (κ1) is 7.81. The van der Waals surface area contributed by atoms with Crippen molar-refractivity contribution in [3.63, 3.8) is 0 Å². The SMILES string of the molecule is COCc1coc(C(=O)O)c1. The van der Waals surface area contributed by atoms with Crippen molar-refractivity contribution < 1.29 is 19.1 Å². The molecule has 0 amide bonds. The number of hydrogen-bond donors (Lipinski definition) is 1. The molecule has 0 saturated carbocycles. The number of hydrogen-bond acceptors (Lipinski definition) is 3. The molecule has 60 valence electrons. The van der Waals surface area contributed by atoms with Crippen LogP contribution in [0.15, 0.2) is 16.7 Å². The zero-order valence-corrected chi connectivity index (χ0v) is 6.03. The van der Waals surface area contributed by atoms with Crippen LogP contribution in [0, 0.1) is 0 Å². The van der Waals surface area contributed by atoms with Crippen molar-refractivity contribution in [3.05, 3.63) is 23.7 Å². The third-order valence-corrected chi connectivity index (χ3v) is 1.18. The van der Waals surface area contributed by atoms with Crippen LogP contribution in [0.3, 0.4) is 0 Å². The third kappa shape index (κ3) is 1.81. The average molecular weight is 156 g/mol. The molecule has 0 spiro atoms. The highest BCUT2D eigenvalue weighted by Gasteiger charge is 2.07. The second-order valence-corrected chi connectivity index (χ2v) is 2.06. The number of carboxylic acid groups (broad SMARTS) is 1. The minimum absolute atomic E-state index is 0.0583. The lowest BCUT2D eigenvalue weighted by molar-refractivity contribution is 0.0662. The van der Waals surface area contributed by atoms with E-state index in [2.05, 4.69) is 0 Å². The summed E-state index contributed by atoms with van der Waals surface area (Å²) in [4.78, 5) is 10.3. The molecule has 0 radical (unpaired) electrons. The molecule has 0 aliphatic rings. The first-order valence-electron chi connectivity index (χ1n) is 3.03. The summed E-state index contributed by atoms with van der Waals surface area (Å²) in [6.45, 7) is 0.372. The molecular weight excluding hydrogens is 148 g/mol. The molecular formula is C7H8O4. The molecule has 0 aliphatic heterocycles. The Morgan fingerprint density at radius 3 is 3.00 bits per heavy atom. The highest BCUT2D eigenvalue weighted by atomic mass is 16.5.